The Labute approximate surface area is 222 Å². The summed E-state index contributed by atoms with van der Waals surface area (Å²) in [5.41, 5.74) is 4.90. The SMILES string of the molecule is Cn1cc(C(=O)O)c2ncc(N3CC4C(C=Cc5c(-c6c(Cl)cncc6Cl)noc5C5CC5)C4C3)cc21. The first-order valence-electron chi connectivity index (χ1n) is 12.3. The Morgan fingerprint density at radius 1 is 1.16 bits per heavy atom. The third-order valence-corrected chi connectivity index (χ3v) is 8.52. The van der Waals surface area contributed by atoms with Gasteiger partial charge in [0, 0.05) is 55.8 Å². The molecule has 2 aliphatic carbocycles. The number of aryl methyl sites for hydroxylation is 1. The van der Waals surface area contributed by atoms with Crippen molar-refractivity contribution < 1.29 is 14.4 Å². The standard InChI is InChI=1S/C27H23Cl2N5O3/c1-33-10-19(27(35)36)24-22(33)6-14(7-31-24)34-11-17-15(18(17)12-34)4-5-16-25(32-37-26(16)13-2-3-13)23-20(28)8-30-9-21(23)29/h4-10,13,15,17-18H,2-3,11-12H2,1H3,(H,35,36). The lowest BCUT2D eigenvalue weighted by Crippen LogP contribution is -2.23. The van der Waals surface area contributed by atoms with E-state index >= 15 is 0 Å². The summed E-state index contributed by atoms with van der Waals surface area (Å²) in [4.78, 5) is 22.4. The molecule has 0 radical (unpaired) electrons. The molecule has 8 nitrogen and oxygen atoms in total. The van der Waals surface area contributed by atoms with E-state index < -0.39 is 5.97 Å². The Morgan fingerprint density at radius 3 is 2.57 bits per heavy atom. The van der Waals surface area contributed by atoms with Gasteiger partial charge in [-0.1, -0.05) is 40.5 Å². The summed E-state index contributed by atoms with van der Waals surface area (Å²) in [5.74, 6) is 1.96. The summed E-state index contributed by atoms with van der Waals surface area (Å²) < 4.78 is 7.60. The van der Waals surface area contributed by atoms with Crippen LogP contribution in [0.25, 0.3) is 28.4 Å². The molecular weight excluding hydrogens is 513 g/mol. The van der Waals surface area contributed by atoms with E-state index in [1.54, 1.807) is 24.8 Å². The molecule has 4 aromatic rings. The first-order valence-corrected chi connectivity index (χ1v) is 13.1. The minimum atomic E-state index is -0.961. The second kappa shape index (κ2) is 8.33. The number of carbonyl (C=O) groups is 1. The number of allylic oxidation sites excluding steroid dienone is 1. The molecule has 0 bridgehead atoms. The molecule has 0 amide bonds. The maximum Gasteiger partial charge on any atom is 0.339 e. The van der Waals surface area contributed by atoms with Gasteiger partial charge < -0.3 is 19.1 Å². The van der Waals surface area contributed by atoms with Gasteiger partial charge >= 0.3 is 5.97 Å². The molecule has 2 atom stereocenters. The molecular formula is C27H23Cl2N5O3. The number of fused-ring (bicyclic) bond motifs is 2. The van der Waals surface area contributed by atoms with Gasteiger partial charge in [-0.05, 0) is 36.7 Å². The maximum atomic E-state index is 11.5. The van der Waals surface area contributed by atoms with E-state index in [4.69, 9.17) is 27.7 Å². The van der Waals surface area contributed by atoms with E-state index in [1.807, 2.05) is 17.7 Å². The van der Waals surface area contributed by atoms with Gasteiger partial charge in [-0.2, -0.15) is 0 Å². The molecule has 1 saturated heterocycles. The smallest absolute Gasteiger partial charge is 0.339 e. The van der Waals surface area contributed by atoms with Gasteiger partial charge in [0.15, 0.2) is 0 Å². The van der Waals surface area contributed by atoms with Gasteiger partial charge in [-0.25, -0.2) is 4.79 Å². The van der Waals surface area contributed by atoms with Gasteiger partial charge in [0.05, 0.1) is 27.4 Å². The van der Waals surface area contributed by atoms with Crippen molar-refractivity contribution in [1.82, 2.24) is 19.7 Å². The highest BCUT2D eigenvalue weighted by Gasteiger charge is 2.54. The van der Waals surface area contributed by atoms with E-state index in [1.165, 1.54) is 0 Å². The van der Waals surface area contributed by atoms with Crippen molar-refractivity contribution in [2.24, 2.45) is 24.8 Å². The topological polar surface area (TPSA) is 97.3 Å². The lowest BCUT2D eigenvalue weighted by atomic mass is 10.0. The lowest BCUT2D eigenvalue weighted by molar-refractivity contribution is 0.0698. The molecule has 3 fully saturated rings. The summed E-state index contributed by atoms with van der Waals surface area (Å²) in [7, 11) is 1.85. The molecule has 2 saturated carbocycles. The van der Waals surface area contributed by atoms with Crippen molar-refractivity contribution in [2.75, 3.05) is 18.0 Å². The van der Waals surface area contributed by atoms with Gasteiger partial charge in [-0.3, -0.25) is 9.97 Å². The first kappa shape index (κ1) is 22.8. The predicted octanol–water partition coefficient (Wildman–Crippen LogP) is 5.90. The molecule has 0 spiro atoms. The van der Waals surface area contributed by atoms with Crippen LogP contribution in [0.2, 0.25) is 10.0 Å². The number of hydrogen-bond acceptors (Lipinski definition) is 6. The Bertz CT molecular complexity index is 1570. The summed E-state index contributed by atoms with van der Waals surface area (Å²) in [6, 6.07) is 2.04. The van der Waals surface area contributed by atoms with Crippen molar-refractivity contribution in [3.05, 3.63) is 63.9 Å². The van der Waals surface area contributed by atoms with E-state index in [0.717, 1.165) is 48.5 Å². The number of piperidine rings is 1. The van der Waals surface area contributed by atoms with Crippen LogP contribution in [0.15, 0.2) is 41.5 Å². The number of nitrogens with zero attached hydrogens (tertiary/aromatic N) is 5. The highest BCUT2D eigenvalue weighted by atomic mass is 35.5. The van der Waals surface area contributed by atoms with E-state index in [0.29, 0.717) is 50.5 Å². The van der Waals surface area contributed by atoms with Gasteiger partial charge in [0.25, 0.3) is 0 Å². The van der Waals surface area contributed by atoms with Gasteiger partial charge in [-0.15, -0.1) is 0 Å². The lowest BCUT2D eigenvalue weighted by Gasteiger charge is -2.21. The number of pyridine rings is 2. The number of carboxylic acids is 1. The molecule has 3 aliphatic rings. The zero-order chi connectivity index (χ0) is 25.4. The average Bonchev–Trinajstić information content (AvgIpc) is 3.68. The summed E-state index contributed by atoms with van der Waals surface area (Å²) in [5, 5.41) is 14.7. The molecule has 10 heteroatoms. The minimum Gasteiger partial charge on any atom is -0.478 e. The van der Waals surface area contributed by atoms with Crippen LogP contribution < -0.4 is 4.90 Å². The maximum absolute atomic E-state index is 11.5. The molecule has 1 N–H and O–H groups in total. The number of aromatic carboxylic acids is 1. The van der Waals surface area contributed by atoms with Crippen LogP contribution >= 0.6 is 23.2 Å². The van der Waals surface area contributed by atoms with Crippen LogP contribution in [0.5, 0.6) is 0 Å². The highest BCUT2D eigenvalue weighted by Crippen LogP contribution is 2.54. The molecule has 37 heavy (non-hydrogen) atoms. The monoisotopic (exact) mass is 535 g/mol. The minimum absolute atomic E-state index is 0.228. The van der Waals surface area contributed by atoms with Crippen molar-refractivity contribution in [3.8, 4) is 11.3 Å². The van der Waals surface area contributed by atoms with Crippen LogP contribution in [0.1, 0.15) is 40.4 Å². The first-order chi connectivity index (χ1) is 17.9. The molecule has 4 aromatic heterocycles. The zero-order valence-electron chi connectivity index (χ0n) is 19.9. The molecule has 2 unspecified atom stereocenters. The summed E-state index contributed by atoms with van der Waals surface area (Å²) in [6.45, 7) is 1.88. The molecule has 7 rings (SSSR count). The van der Waals surface area contributed by atoms with Crippen molar-refractivity contribution >= 4 is 52.0 Å². The molecule has 0 aromatic carbocycles. The number of rotatable bonds is 6. The third-order valence-electron chi connectivity index (χ3n) is 7.95. The summed E-state index contributed by atoms with van der Waals surface area (Å²) in [6.07, 6.45) is 13.2. The Kier molecular flexibility index (Phi) is 5.13. The van der Waals surface area contributed by atoms with Crippen molar-refractivity contribution in [3.63, 3.8) is 0 Å². The Balaban J connectivity index is 1.11. The second-order valence-corrected chi connectivity index (χ2v) is 11.1. The fraction of sp³-hybridized carbons (Fsp3) is 0.333. The zero-order valence-corrected chi connectivity index (χ0v) is 21.4. The normalized spacial score (nSPS) is 22.8. The van der Waals surface area contributed by atoms with E-state index in [-0.39, 0.29) is 5.56 Å². The molecule has 188 valence electrons. The Morgan fingerprint density at radius 2 is 1.89 bits per heavy atom. The number of aromatic nitrogens is 4. The fourth-order valence-electron chi connectivity index (χ4n) is 5.78. The van der Waals surface area contributed by atoms with E-state index in [9.17, 15) is 9.90 Å². The van der Waals surface area contributed by atoms with Crippen LogP contribution in [0, 0.1) is 17.8 Å². The fourth-order valence-corrected chi connectivity index (χ4v) is 6.32. The number of halogens is 2. The number of anilines is 1. The third kappa shape index (κ3) is 3.73. The van der Waals surface area contributed by atoms with Gasteiger partial charge in [0.1, 0.15) is 22.5 Å². The molecule has 1 aliphatic heterocycles. The second-order valence-electron chi connectivity index (χ2n) is 10.3. The highest BCUT2D eigenvalue weighted by molar-refractivity contribution is 6.39. The average molecular weight is 536 g/mol. The number of carboxylic acid groups (broad SMARTS) is 1. The Hall–Kier alpha value is -3.36. The predicted molar refractivity (Wildman–Crippen MR) is 141 cm³/mol. The van der Waals surface area contributed by atoms with Crippen LogP contribution in [0.3, 0.4) is 0 Å². The van der Waals surface area contributed by atoms with Crippen LogP contribution in [-0.2, 0) is 7.05 Å². The molecule has 5 heterocycles. The van der Waals surface area contributed by atoms with E-state index in [2.05, 4.69) is 32.2 Å². The van der Waals surface area contributed by atoms with Crippen LogP contribution in [0.4, 0.5) is 5.69 Å². The largest absolute Gasteiger partial charge is 0.478 e. The van der Waals surface area contributed by atoms with Gasteiger partial charge in [0.2, 0.25) is 0 Å². The number of hydrogen-bond donors (Lipinski definition) is 1. The quantitative estimate of drug-likeness (QED) is 0.328. The van der Waals surface area contributed by atoms with Crippen LogP contribution in [-0.4, -0.2) is 43.9 Å². The van der Waals surface area contributed by atoms with Crippen molar-refractivity contribution in [2.45, 2.75) is 18.8 Å². The van der Waals surface area contributed by atoms with Crippen molar-refractivity contribution in [1.29, 1.82) is 0 Å². The summed E-state index contributed by atoms with van der Waals surface area (Å²) >= 11 is 12.9.